The van der Waals surface area contributed by atoms with Crippen LogP contribution in [0.3, 0.4) is 0 Å². The van der Waals surface area contributed by atoms with Gasteiger partial charge >= 0.3 is 0 Å². The molecule has 2 atom stereocenters. The Kier molecular flexibility index (Phi) is 3.45. The standard InChI is InChI=1S/C12H23NO/c1-10-6-13(7-10)8-11-4-2-3-5-12(11)9-14/h10-12,14H,2-9H2,1H3. The molecule has 2 nitrogen and oxygen atoms in total. The van der Waals surface area contributed by atoms with Crippen LogP contribution >= 0.6 is 0 Å². The zero-order valence-electron chi connectivity index (χ0n) is 9.28. The highest BCUT2D eigenvalue weighted by Crippen LogP contribution is 2.31. The normalized spacial score (nSPS) is 35.6. The third-order valence-electron chi connectivity index (χ3n) is 3.93. The average molecular weight is 197 g/mol. The number of nitrogens with zero attached hydrogens (tertiary/aromatic N) is 1. The molecule has 2 rings (SSSR count). The van der Waals surface area contributed by atoms with Gasteiger partial charge in [0.15, 0.2) is 0 Å². The molecule has 0 aromatic heterocycles. The molecule has 2 fully saturated rings. The van der Waals surface area contributed by atoms with Crippen LogP contribution in [0.5, 0.6) is 0 Å². The number of likely N-dealkylation sites (tertiary alicyclic amines) is 1. The predicted molar refractivity (Wildman–Crippen MR) is 58.1 cm³/mol. The van der Waals surface area contributed by atoms with Crippen molar-refractivity contribution >= 4 is 0 Å². The van der Waals surface area contributed by atoms with Gasteiger partial charge in [0.2, 0.25) is 0 Å². The van der Waals surface area contributed by atoms with Crippen molar-refractivity contribution in [1.29, 1.82) is 0 Å². The molecule has 1 heterocycles. The van der Waals surface area contributed by atoms with E-state index in [1.807, 2.05) is 0 Å². The molecule has 1 N–H and O–H groups in total. The molecule has 1 saturated carbocycles. The second kappa shape index (κ2) is 4.63. The molecular formula is C12H23NO. The molecule has 0 amide bonds. The molecule has 1 aliphatic carbocycles. The first-order valence-corrected chi connectivity index (χ1v) is 6.13. The van der Waals surface area contributed by atoms with Crippen molar-refractivity contribution in [3.05, 3.63) is 0 Å². The molecule has 2 unspecified atom stereocenters. The molecule has 0 spiro atoms. The predicted octanol–water partition coefficient (Wildman–Crippen LogP) is 1.74. The van der Waals surface area contributed by atoms with E-state index in [2.05, 4.69) is 11.8 Å². The molecule has 82 valence electrons. The van der Waals surface area contributed by atoms with Crippen molar-refractivity contribution in [1.82, 2.24) is 4.90 Å². The van der Waals surface area contributed by atoms with E-state index in [0.717, 1.165) is 11.8 Å². The number of hydrogen-bond donors (Lipinski definition) is 1. The molecule has 0 aromatic carbocycles. The first-order chi connectivity index (χ1) is 6.79. The van der Waals surface area contributed by atoms with Crippen molar-refractivity contribution in [2.45, 2.75) is 32.6 Å². The zero-order valence-corrected chi connectivity index (χ0v) is 9.28. The van der Waals surface area contributed by atoms with Crippen LogP contribution in [0.25, 0.3) is 0 Å². The van der Waals surface area contributed by atoms with Gasteiger partial charge in [0.25, 0.3) is 0 Å². The second-order valence-corrected chi connectivity index (χ2v) is 5.31. The average Bonchev–Trinajstić information content (AvgIpc) is 2.16. The lowest BCUT2D eigenvalue weighted by atomic mass is 9.79. The highest BCUT2D eigenvalue weighted by molar-refractivity contribution is 4.83. The largest absolute Gasteiger partial charge is 0.396 e. The van der Waals surface area contributed by atoms with Gasteiger partial charge in [0, 0.05) is 26.2 Å². The SMILES string of the molecule is CC1CN(CC2CCCCC2CO)C1. The Hall–Kier alpha value is -0.0800. The van der Waals surface area contributed by atoms with E-state index in [-0.39, 0.29) is 0 Å². The molecule has 1 saturated heterocycles. The number of hydrogen-bond acceptors (Lipinski definition) is 2. The summed E-state index contributed by atoms with van der Waals surface area (Å²) in [5.41, 5.74) is 0. The summed E-state index contributed by atoms with van der Waals surface area (Å²) < 4.78 is 0. The van der Waals surface area contributed by atoms with E-state index in [9.17, 15) is 5.11 Å². The van der Waals surface area contributed by atoms with Gasteiger partial charge in [-0.3, -0.25) is 0 Å². The molecular weight excluding hydrogens is 174 g/mol. The number of aliphatic hydroxyl groups is 1. The summed E-state index contributed by atoms with van der Waals surface area (Å²) in [7, 11) is 0. The maximum absolute atomic E-state index is 9.30. The van der Waals surface area contributed by atoms with Crippen LogP contribution in [0.2, 0.25) is 0 Å². The van der Waals surface area contributed by atoms with Gasteiger partial charge in [-0.25, -0.2) is 0 Å². The zero-order chi connectivity index (χ0) is 9.97. The fourth-order valence-corrected chi connectivity index (χ4v) is 3.07. The van der Waals surface area contributed by atoms with Crippen molar-refractivity contribution in [3.63, 3.8) is 0 Å². The maximum atomic E-state index is 9.30. The Morgan fingerprint density at radius 3 is 2.36 bits per heavy atom. The summed E-state index contributed by atoms with van der Waals surface area (Å²) in [6.45, 7) is 6.55. The van der Waals surface area contributed by atoms with E-state index >= 15 is 0 Å². The van der Waals surface area contributed by atoms with Crippen LogP contribution < -0.4 is 0 Å². The van der Waals surface area contributed by atoms with Crippen LogP contribution in [0.4, 0.5) is 0 Å². The summed E-state index contributed by atoms with van der Waals surface area (Å²) >= 11 is 0. The first-order valence-electron chi connectivity index (χ1n) is 6.13. The van der Waals surface area contributed by atoms with Gasteiger partial charge in [-0.1, -0.05) is 19.8 Å². The van der Waals surface area contributed by atoms with Gasteiger partial charge in [-0.05, 0) is 30.6 Å². The molecule has 1 aliphatic heterocycles. The van der Waals surface area contributed by atoms with Gasteiger partial charge < -0.3 is 10.0 Å². The quantitative estimate of drug-likeness (QED) is 0.745. The second-order valence-electron chi connectivity index (χ2n) is 5.31. The van der Waals surface area contributed by atoms with Crippen molar-refractivity contribution in [2.75, 3.05) is 26.2 Å². The Morgan fingerprint density at radius 2 is 1.79 bits per heavy atom. The number of aliphatic hydroxyl groups excluding tert-OH is 1. The van der Waals surface area contributed by atoms with Crippen LogP contribution in [-0.2, 0) is 0 Å². The summed E-state index contributed by atoms with van der Waals surface area (Å²) in [5.74, 6) is 2.28. The van der Waals surface area contributed by atoms with E-state index < -0.39 is 0 Å². The van der Waals surface area contributed by atoms with Gasteiger partial charge in [0.05, 0.1) is 0 Å². The highest BCUT2D eigenvalue weighted by Gasteiger charge is 2.30. The Morgan fingerprint density at radius 1 is 1.14 bits per heavy atom. The van der Waals surface area contributed by atoms with E-state index in [0.29, 0.717) is 12.5 Å². The molecule has 2 aliphatic rings. The van der Waals surface area contributed by atoms with Crippen LogP contribution in [-0.4, -0.2) is 36.2 Å². The minimum Gasteiger partial charge on any atom is -0.396 e. The summed E-state index contributed by atoms with van der Waals surface area (Å²) in [6.07, 6.45) is 5.31. The minimum atomic E-state index is 0.411. The monoisotopic (exact) mass is 197 g/mol. The third-order valence-corrected chi connectivity index (χ3v) is 3.93. The van der Waals surface area contributed by atoms with E-state index in [1.54, 1.807) is 0 Å². The smallest absolute Gasteiger partial charge is 0.0462 e. The first kappa shape index (κ1) is 10.4. The van der Waals surface area contributed by atoms with Crippen LogP contribution in [0.1, 0.15) is 32.6 Å². The third kappa shape index (κ3) is 2.29. The molecule has 2 heteroatoms. The summed E-state index contributed by atoms with van der Waals surface area (Å²) in [4.78, 5) is 2.56. The van der Waals surface area contributed by atoms with E-state index in [1.165, 1.54) is 45.3 Å². The summed E-state index contributed by atoms with van der Waals surface area (Å²) in [5, 5.41) is 9.30. The lowest BCUT2D eigenvalue weighted by Gasteiger charge is -2.42. The van der Waals surface area contributed by atoms with Crippen LogP contribution in [0, 0.1) is 17.8 Å². The van der Waals surface area contributed by atoms with Crippen molar-refractivity contribution in [2.24, 2.45) is 17.8 Å². The molecule has 0 aromatic rings. The minimum absolute atomic E-state index is 0.411. The van der Waals surface area contributed by atoms with Gasteiger partial charge in [0.1, 0.15) is 0 Å². The maximum Gasteiger partial charge on any atom is 0.0462 e. The van der Waals surface area contributed by atoms with Gasteiger partial charge in [-0.15, -0.1) is 0 Å². The van der Waals surface area contributed by atoms with E-state index in [4.69, 9.17) is 0 Å². The fourth-order valence-electron chi connectivity index (χ4n) is 3.07. The lowest BCUT2D eigenvalue weighted by molar-refractivity contribution is 0.0476. The van der Waals surface area contributed by atoms with Crippen molar-refractivity contribution in [3.8, 4) is 0 Å². The molecule has 0 bridgehead atoms. The fraction of sp³-hybridized carbons (Fsp3) is 1.00. The Labute approximate surface area is 87.3 Å². The van der Waals surface area contributed by atoms with Crippen molar-refractivity contribution < 1.29 is 5.11 Å². The Balaban J connectivity index is 1.77. The summed E-state index contributed by atoms with van der Waals surface area (Å²) in [6, 6.07) is 0. The number of rotatable bonds is 3. The van der Waals surface area contributed by atoms with Gasteiger partial charge in [-0.2, -0.15) is 0 Å². The molecule has 0 radical (unpaired) electrons. The van der Waals surface area contributed by atoms with Crippen LogP contribution in [0.15, 0.2) is 0 Å². The topological polar surface area (TPSA) is 23.5 Å². The highest BCUT2D eigenvalue weighted by atomic mass is 16.3. The lowest BCUT2D eigenvalue weighted by Crippen LogP contribution is -2.48. The Bertz CT molecular complexity index is 177. The molecule has 14 heavy (non-hydrogen) atoms.